The lowest BCUT2D eigenvalue weighted by atomic mass is 10.0. The zero-order valence-electron chi connectivity index (χ0n) is 5.09. The highest BCUT2D eigenvalue weighted by Gasteiger charge is 2.26. The number of hydrogen-bond donors (Lipinski definition) is 2. The predicted molar refractivity (Wildman–Crippen MR) is 30.5 cm³/mol. The van der Waals surface area contributed by atoms with Crippen molar-refractivity contribution in [3.8, 4) is 6.07 Å². The minimum absolute atomic E-state index is 0.164. The lowest BCUT2D eigenvalue weighted by Crippen LogP contribution is -2.44. The molecule has 0 saturated carbocycles. The molecule has 4 heteroatoms. The van der Waals surface area contributed by atoms with Gasteiger partial charge in [-0.3, -0.25) is 4.79 Å². The Hall–Kier alpha value is -1.08. The van der Waals surface area contributed by atoms with Crippen LogP contribution in [0.1, 0.15) is 13.3 Å². The van der Waals surface area contributed by atoms with E-state index in [1.54, 1.807) is 6.07 Å². The Labute approximate surface area is 52.9 Å². The summed E-state index contributed by atoms with van der Waals surface area (Å²) in [5.41, 5.74) is 3.75. The van der Waals surface area contributed by atoms with Crippen LogP contribution in [0.5, 0.6) is 0 Å². The summed E-state index contributed by atoms with van der Waals surface area (Å²) >= 11 is 0. The third-order valence-electron chi connectivity index (χ3n) is 0.935. The molecule has 0 fully saturated rings. The SMILES string of the molecule is CC(N)(CC#N)C(=O)O. The first kappa shape index (κ1) is 7.92. The van der Waals surface area contributed by atoms with Gasteiger partial charge in [0.15, 0.2) is 0 Å². The van der Waals surface area contributed by atoms with E-state index in [1.807, 2.05) is 0 Å². The van der Waals surface area contributed by atoms with E-state index >= 15 is 0 Å². The van der Waals surface area contributed by atoms with Gasteiger partial charge >= 0.3 is 5.97 Å². The van der Waals surface area contributed by atoms with Crippen molar-refractivity contribution in [2.24, 2.45) is 5.73 Å². The normalized spacial score (nSPS) is 15.7. The van der Waals surface area contributed by atoms with Crippen molar-refractivity contribution in [3.63, 3.8) is 0 Å². The second-order valence-corrected chi connectivity index (χ2v) is 2.06. The van der Waals surface area contributed by atoms with E-state index < -0.39 is 11.5 Å². The highest BCUT2D eigenvalue weighted by molar-refractivity contribution is 5.78. The van der Waals surface area contributed by atoms with Crippen molar-refractivity contribution >= 4 is 5.97 Å². The average Bonchev–Trinajstić information content (AvgIpc) is 1.65. The summed E-state index contributed by atoms with van der Waals surface area (Å²) < 4.78 is 0. The van der Waals surface area contributed by atoms with Crippen molar-refractivity contribution in [3.05, 3.63) is 0 Å². The molecule has 0 aliphatic carbocycles. The molecule has 0 aromatic rings. The molecule has 0 aromatic carbocycles. The van der Waals surface area contributed by atoms with E-state index in [2.05, 4.69) is 0 Å². The van der Waals surface area contributed by atoms with Gasteiger partial charge in [-0.15, -0.1) is 0 Å². The van der Waals surface area contributed by atoms with Crippen molar-refractivity contribution in [1.82, 2.24) is 0 Å². The lowest BCUT2D eigenvalue weighted by Gasteiger charge is -2.13. The first-order valence-corrected chi connectivity index (χ1v) is 2.40. The lowest BCUT2D eigenvalue weighted by molar-refractivity contribution is -0.142. The maximum absolute atomic E-state index is 10.1. The van der Waals surface area contributed by atoms with Crippen LogP contribution < -0.4 is 5.73 Å². The Bertz CT molecular complexity index is 157. The number of nitrogens with two attached hydrogens (primary N) is 1. The number of hydrogen-bond acceptors (Lipinski definition) is 3. The van der Waals surface area contributed by atoms with Crippen LogP contribution in [0.3, 0.4) is 0 Å². The van der Waals surface area contributed by atoms with Crippen molar-refractivity contribution in [2.75, 3.05) is 0 Å². The maximum atomic E-state index is 10.1. The van der Waals surface area contributed by atoms with Gasteiger partial charge in [-0.25, -0.2) is 0 Å². The molecular weight excluding hydrogens is 120 g/mol. The van der Waals surface area contributed by atoms with Gasteiger partial charge in [0.1, 0.15) is 5.54 Å². The second-order valence-electron chi connectivity index (χ2n) is 2.06. The van der Waals surface area contributed by atoms with Gasteiger partial charge in [0.05, 0.1) is 12.5 Å². The van der Waals surface area contributed by atoms with Gasteiger partial charge in [-0.05, 0) is 6.92 Å². The first-order chi connectivity index (χ1) is 4.00. The summed E-state index contributed by atoms with van der Waals surface area (Å²) in [6.45, 7) is 1.30. The molecule has 0 amide bonds. The smallest absolute Gasteiger partial charge is 0.324 e. The number of aliphatic carboxylic acids is 1. The summed E-state index contributed by atoms with van der Waals surface area (Å²) in [5.74, 6) is -1.15. The molecule has 50 valence electrons. The van der Waals surface area contributed by atoms with Crippen molar-refractivity contribution in [2.45, 2.75) is 18.9 Å². The molecule has 0 aromatic heterocycles. The number of carbonyl (C=O) groups is 1. The second kappa shape index (κ2) is 2.46. The van der Waals surface area contributed by atoms with E-state index in [1.165, 1.54) is 6.92 Å². The molecule has 0 saturated heterocycles. The Morgan fingerprint density at radius 3 is 2.56 bits per heavy atom. The monoisotopic (exact) mass is 128 g/mol. The highest BCUT2D eigenvalue weighted by atomic mass is 16.4. The van der Waals surface area contributed by atoms with E-state index in [-0.39, 0.29) is 6.42 Å². The van der Waals surface area contributed by atoms with Crippen molar-refractivity contribution in [1.29, 1.82) is 5.26 Å². The zero-order chi connectivity index (χ0) is 7.49. The predicted octanol–water partition coefficient (Wildman–Crippen LogP) is -0.298. The molecule has 1 unspecified atom stereocenters. The first-order valence-electron chi connectivity index (χ1n) is 2.40. The van der Waals surface area contributed by atoms with Gasteiger partial charge in [-0.1, -0.05) is 0 Å². The molecule has 0 rings (SSSR count). The van der Waals surface area contributed by atoms with Crippen molar-refractivity contribution < 1.29 is 9.90 Å². The Morgan fingerprint density at radius 2 is 2.44 bits per heavy atom. The fourth-order valence-electron chi connectivity index (χ4n) is 0.240. The van der Waals surface area contributed by atoms with Crippen LogP contribution in [0.2, 0.25) is 0 Å². The molecule has 4 nitrogen and oxygen atoms in total. The summed E-state index contributed by atoms with van der Waals surface area (Å²) in [6, 6.07) is 1.68. The van der Waals surface area contributed by atoms with Crippen LogP contribution in [-0.2, 0) is 4.79 Å². The molecule has 0 radical (unpaired) electrons. The van der Waals surface area contributed by atoms with Crippen LogP contribution in [0.15, 0.2) is 0 Å². The summed E-state index contributed by atoms with van der Waals surface area (Å²) in [7, 11) is 0. The fourth-order valence-corrected chi connectivity index (χ4v) is 0.240. The van der Waals surface area contributed by atoms with E-state index in [4.69, 9.17) is 16.1 Å². The molecule has 0 spiro atoms. The molecule has 0 bridgehead atoms. The summed E-state index contributed by atoms with van der Waals surface area (Å²) in [4.78, 5) is 10.1. The topological polar surface area (TPSA) is 87.1 Å². The zero-order valence-corrected chi connectivity index (χ0v) is 5.09. The fraction of sp³-hybridized carbons (Fsp3) is 0.600. The van der Waals surface area contributed by atoms with Gasteiger partial charge < -0.3 is 10.8 Å². The molecule has 1 atom stereocenters. The van der Waals surface area contributed by atoms with E-state index in [0.29, 0.717) is 0 Å². The molecule has 9 heavy (non-hydrogen) atoms. The maximum Gasteiger partial charge on any atom is 0.324 e. The minimum Gasteiger partial charge on any atom is -0.480 e. The number of rotatable bonds is 2. The van der Waals surface area contributed by atoms with E-state index in [9.17, 15) is 4.79 Å². The van der Waals surface area contributed by atoms with Crippen LogP contribution >= 0.6 is 0 Å². The summed E-state index contributed by atoms with van der Waals surface area (Å²) in [5, 5.41) is 16.4. The number of nitrogens with zero attached hydrogens (tertiary/aromatic N) is 1. The Kier molecular flexibility index (Phi) is 2.17. The van der Waals surface area contributed by atoms with Gasteiger partial charge in [0.25, 0.3) is 0 Å². The van der Waals surface area contributed by atoms with Crippen LogP contribution in [0, 0.1) is 11.3 Å². The van der Waals surface area contributed by atoms with E-state index in [0.717, 1.165) is 0 Å². The number of carboxylic acid groups (broad SMARTS) is 1. The van der Waals surface area contributed by atoms with Crippen LogP contribution in [0.4, 0.5) is 0 Å². The third kappa shape index (κ3) is 2.11. The number of carboxylic acids is 1. The van der Waals surface area contributed by atoms with Gasteiger partial charge in [0.2, 0.25) is 0 Å². The largest absolute Gasteiger partial charge is 0.480 e. The average molecular weight is 128 g/mol. The molecule has 0 aliphatic rings. The Balaban J connectivity index is 4.06. The molecule has 0 heterocycles. The van der Waals surface area contributed by atoms with Gasteiger partial charge in [0, 0.05) is 0 Å². The molecular formula is C5H8N2O2. The minimum atomic E-state index is -1.39. The Morgan fingerprint density at radius 1 is 2.00 bits per heavy atom. The third-order valence-corrected chi connectivity index (χ3v) is 0.935. The molecule has 0 aliphatic heterocycles. The standard InChI is InChI=1S/C5H8N2O2/c1-5(7,2-3-6)4(8)9/h2,7H2,1H3,(H,8,9). The molecule has 3 N–H and O–H groups in total. The quantitative estimate of drug-likeness (QED) is 0.534. The summed E-state index contributed by atoms with van der Waals surface area (Å²) in [6.07, 6.45) is -0.164. The van der Waals surface area contributed by atoms with Gasteiger partial charge in [-0.2, -0.15) is 5.26 Å². The number of nitriles is 1. The highest BCUT2D eigenvalue weighted by Crippen LogP contribution is 2.02. The van der Waals surface area contributed by atoms with Crippen LogP contribution in [-0.4, -0.2) is 16.6 Å². The van der Waals surface area contributed by atoms with Crippen LogP contribution in [0.25, 0.3) is 0 Å².